The molecule has 1 fully saturated rings. The SMILES string of the molecule is CC(C)N1NC(COCc2ccccc2)CC1=O. The molecule has 1 aliphatic heterocycles. The van der Waals surface area contributed by atoms with Crippen molar-refractivity contribution < 1.29 is 9.53 Å². The monoisotopic (exact) mass is 248 g/mol. The minimum Gasteiger partial charge on any atom is -0.375 e. The Kier molecular flexibility index (Phi) is 4.33. The lowest BCUT2D eigenvalue weighted by atomic mass is 10.2. The van der Waals surface area contributed by atoms with Crippen LogP contribution in [0.5, 0.6) is 0 Å². The Morgan fingerprint density at radius 1 is 1.39 bits per heavy atom. The number of amides is 1. The summed E-state index contributed by atoms with van der Waals surface area (Å²) in [6.45, 7) is 5.15. The zero-order valence-electron chi connectivity index (χ0n) is 10.9. The second-order valence-corrected chi connectivity index (χ2v) is 4.89. The molecule has 1 aliphatic rings. The minimum absolute atomic E-state index is 0.101. The molecular weight excluding hydrogens is 228 g/mol. The first-order valence-corrected chi connectivity index (χ1v) is 6.36. The first-order chi connectivity index (χ1) is 8.66. The van der Waals surface area contributed by atoms with E-state index in [0.29, 0.717) is 19.6 Å². The van der Waals surface area contributed by atoms with Gasteiger partial charge in [-0.05, 0) is 19.4 Å². The van der Waals surface area contributed by atoms with E-state index in [1.807, 2.05) is 44.2 Å². The molecule has 0 radical (unpaired) electrons. The molecule has 1 aromatic rings. The van der Waals surface area contributed by atoms with Crippen molar-refractivity contribution in [2.75, 3.05) is 6.61 Å². The van der Waals surface area contributed by atoms with Gasteiger partial charge in [-0.2, -0.15) is 0 Å². The molecule has 1 atom stereocenters. The van der Waals surface area contributed by atoms with Crippen LogP contribution in [0.15, 0.2) is 30.3 Å². The van der Waals surface area contributed by atoms with E-state index in [-0.39, 0.29) is 18.0 Å². The molecule has 0 bridgehead atoms. The van der Waals surface area contributed by atoms with Gasteiger partial charge >= 0.3 is 0 Å². The van der Waals surface area contributed by atoms with Gasteiger partial charge in [0.15, 0.2) is 0 Å². The number of nitrogens with zero attached hydrogens (tertiary/aromatic N) is 1. The smallest absolute Gasteiger partial charge is 0.238 e. The average Bonchev–Trinajstić information content (AvgIpc) is 2.72. The third-order valence-electron chi connectivity index (χ3n) is 2.96. The van der Waals surface area contributed by atoms with Gasteiger partial charge in [0.1, 0.15) is 0 Å². The molecule has 1 saturated heterocycles. The summed E-state index contributed by atoms with van der Waals surface area (Å²) in [5.41, 5.74) is 4.34. The molecule has 98 valence electrons. The zero-order valence-corrected chi connectivity index (χ0v) is 10.9. The highest BCUT2D eigenvalue weighted by Crippen LogP contribution is 2.11. The molecular formula is C14H20N2O2. The first-order valence-electron chi connectivity index (χ1n) is 6.36. The quantitative estimate of drug-likeness (QED) is 0.862. The lowest BCUT2D eigenvalue weighted by molar-refractivity contribution is -0.131. The molecule has 18 heavy (non-hydrogen) atoms. The minimum atomic E-state index is 0.101. The number of ether oxygens (including phenoxy) is 1. The Labute approximate surface area is 108 Å². The average molecular weight is 248 g/mol. The van der Waals surface area contributed by atoms with E-state index in [4.69, 9.17) is 4.74 Å². The van der Waals surface area contributed by atoms with Gasteiger partial charge in [-0.1, -0.05) is 30.3 Å². The number of carbonyl (C=O) groups excluding carboxylic acids is 1. The topological polar surface area (TPSA) is 41.6 Å². The van der Waals surface area contributed by atoms with Gasteiger partial charge in [-0.15, -0.1) is 0 Å². The standard InChI is InChI=1S/C14H20N2O2/c1-11(2)16-14(17)8-13(15-16)10-18-9-12-6-4-3-5-7-12/h3-7,11,13,15H,8-10H2,1-2H3. The summed E-state index contributed by atoms with van der Waals surface area (Å²) in [6, 6.07) is 10.3. The summed E-state index contributed by atoms with van der Waals surface area (Å²) in [5, 5.41) is 1.69. The van der Waals surface area contributed by atoms with Crippen LogP contribution in [0.2, 0.25) is 0 Å². The third-order valence-corrected chi connectivity index (χ3v) is 2.96. The van der Waals surface area contributed by atoms with Gasteiger partial charge in [0.25, 0.3) is 0 Å². The number of hydrogen-bond donors (Lipinski definition) is 1. The molecule has 1 unspecified atom stereocenters. The summed E-state index contributed by atoms with van der Waals surface area (Å²) in [7, 11) is 0. The van der Waals surface area contributed by atoms with Crippen molar-refractivity contribution in [2.24, 2.45) is 0 Å². The Morgan fingerprint density at radius 2 is 2.11 bits per heavy atom. The largest absolute Gasteiger partial charge is 0.375 e. The number of rotatable bonds is 5. The van der Waals surface area contributed by atoms with Crippen LogP contribution < -0.4 is 5.43 Å². The van der Waals surface area contributed by atoms with Crippen LogP contribution in [0.4, 0.5) is 0 Å². The highest BCUT2D eigenvalue weighted by atomic mass is 16.5. The molecule has 0 spiro atoms. The number of nitrogens with one attached hydrogen (secondary N) is 1. The fourth-order valence-corrected chi connectivity index (χ4v) is 2.05. The van der Waals surface area contributed by atoms with E-state index in [9.17, 15) is 4.79 Å². The van der Waals surface area contributed by atoms with Gasteiger partial charge in [0, 0.05) is 12.5 Å². The molecule has 0 aliphatic carbocycles. The molecule has 2 rings (SSSR count). The summed E-state index contributed by atoms with van der Waals surface area (Å²) in [5.74, 6) is 0.151. The van der Waals surface area contributed by atoms with E-state index in [1.165, 1.54) is 0 Å². The van der Waals surface area contributed by atoms with Crippen molar-refractivity contribution in [1.82, 2.24) is 10.4 Å². The maximum absolute atomic E-state index is 11.7. The van der Waals surface area contributed by atoms with E-state index in [2.05, 4.69) is 5.43 Å². The highest BCUT2D eigenvalue weighted by Gasteiger charge is 2.30. The van der Waals surface area contributed by atoms with Crippen molar-refractivity contribution in [2.45, 2.75) is 39.0 Å². The molecule has 0 saturated carbocycles. The lowest BCUT2D eigenvalue weighted by Crippen LogP contribution is -2.43. The fourth-order valence-electron chi connectivity index (χ4n) is 2.05. The molecule has 4 heteroatoms. The normalized spacial score (nSPS) is 19.8. The molecule has 1 heterocycles. The van der Waals surface area contributed by atoms with Crippen LogP contribution in [-0.4, -0.2) is 29.6 Å². The van der Waals surface area contributed by atoms with Crippen LogP contribution in [-0.2, 0) is 16.1 Å². The van der Waals surface area contributed by atoms with Crippen LogP contribution in [0.3, 0.4) is 0 Å². The maximum Gasteiger partial charge on any atom is 0.238 e. The van der Waals surface area contributed by atoms with E-state index >= 15 is 0 Å². The summed E-state index contributed by atoms with van der Waals surface area (Å²) >= 11 is 0. The predicted molar refractivity (Wildman–Crippen MR) is 69.6 cm³/mol. The number of hydrogen-bond acceptors (Lipinski definition) is 3. The lowest BCUT2D eigenvalue weighted by Gasteiger charge is -2.21. The number of carbonyl (C=O) groups is 1. The molecule has 0 aromatic heterocycles. The van der Waals surface area contributed by atoms with E-state index < -0.39 is 0 Å². The van der Waals surface area contributed by atoms with Crippen molar-refractivity contribution in [1.29, 1.82) is 0 Å². The second-order valence-electron chi connectivity index (χ2n) is 4.89. The number of benzene rings is 1. The second kappa shape index (κ2) is 5.98. The fraction of sp³-hybridized carbons (Fsp3) is 0.500. The van der Waals surface area contributed by atoms with Gasteiger partial charge in [-0.25, -0.2) is 5.43 Å². The number of hydrazine groups is 1. The Bertz CT molecular complexity index is 392. The van der Waals surface area contributed by atoms with Crippen LogP contribution in [0.1, 0.15) is 25.8 Å². The first kappa shape index (κ1) is 13.1. The van der Waals surface area contributed by atoms with Crippen LogP contribution in [0.25, 0.3) is 0 Å². The van der Waals surface area contributed by atoms with Crippen molar-refractivity contribution in [3.05, 3.63) is 35.9 Å². The Hall–Kier alpha value is -1.39. The van der Waals surface area contributed by atoms with E-state index in [1.54, 1.807) is 5.01 Å². The highest BCUT2D eigenvalue weighted by molar-refractivity contribution is 5.78. The van der Waals surface area contributed by atoms with Gasteiger partial charge in [0.05, 0.1) is 19.3 Å². The Balaban J connectivity index is 1.74. The summed E-state index contributed by atoms with van der Waals surface area (Å²) < 4.78 is 5.64. The zero-order chi connectivity index (χ0) is 13.0. The predicted octanol–water partition coefficient (Wildman–Crippen LogP) is 1.72. The summed E-state index contributed by atoms with van der Waals surface area (Å²) in [6.07, 6.45) is 0.521. The van der Waals surface area contributed by atoms with Gasteiger partial charge in [0.2, 0.25) is 5.91 Å². The third kappa shape index (κ3) is 3.31. The van der Waals surface area contributed by atoms with E-state index in [0.717, 1.165) is 5.56 Å². The molecule has 4 nitrogen and oxygen atoms in total. The van der Waals surface area contributed by atoms with Gasteiger partial charge in [-0.3, -0.25) is 9.80 Å². The molecule has 1 N–H and O–H groups in total. The van der Waals surface area contributed by atoms with Crippen LogP contribution in [0, 0.1) is 0 Å². The van der Waals surface area contributed by atoms with Crippen molar-refractivity contribution in [3.8, 4) is 0 Å². The van der Waals surface area contributed by atoms with Crippen molar-refractivity contribution in [3.63, 3.8) is 0 Å². The van der Waals surface area contributed by atoms with Gasteiger partial charge < -0.3 is 4.74 Å². The molecule has 1 amide bonds. The Morgan fingerprint density at radius 3 is 2.72 bits per heavy atom. The summed E-state index contributed by atoms with van der Waals surface area (Å²) in [4.78, 5) is 11.7. The van der Waals surface area contributed by atoms with Crippen molar-refractivity contribution >= 4 is 5.91 Å². The maximum atomic E-state index is 11.7. The van der Waals surface area contributed by atoms with Crippen LogP contribution >= 0.6 is 0 Å². The molecule has 1 aromatic carbocycles.